The average Bonchev–Trinajstić information content (AvgIpc) is 3.12. The predicted octanol–water partition coefficient (Wildman–Crippen LogP) is 4.33. The number of hydrogen-bond acceptors (Lipinski definition) is 12. The molecule has 2 unspecified atom stereocenters. The van der Waals surface area contributed by atoms with Gasteiger partial charge in [0.25, 0.3) is 0 Å². The summed E-state index contributed by atoms with van der Waals surface area (Å²) in [6, 6.07) is 11.9. The molecule has 2 aromatic rings. The third-order valence-electron chi connectivity index (χ3n) is 8.13. The lowest BCUT2D eigenvalue weighted by molar-refractivity contribution is -0.0789. The van der Waals surface area contributed by atoms with Crippen LogP contribution in [0.2, 0.25) is 0 Å². The van der Waals surface area contributed by atoms with Crippen LogP contribution in [0.3, 0.4) is 0 Å². The summed E-state index contributed by atoms with van der Waals surface area (Å²) < 4.78 is 102. The first kappa shape index (κ1) is 46.3. The van der Waals surface area contributed by atoms with E-state index in [-0.39, 0.29) is 77.0 Å². The molecule has 3 rings (SSSR count). The molecule has 0 heterocycles. The minimum absolute atomic E-state index is 0.125. The van der Waals surface area contributed by atoms with Crippen molar-refractivity contribution in [2.75, 3.05) is 125 Å². The second-order valence-electron chi connectivity index (χ2n) is 12.0. The number of benzene rings is 2. The molecule has 53 heavy (non-hydrogen) atoms. The Balaban J connectivity index is 1.68. The van der Waals surface area contributed by atoms with Crippen molar-refractivity contribution in [1.29, 1.82) is 0 Å². The number of rotatable bonds is 30. The lowest BCUT2D eigenvalue weighted by Crippen LogP contribution is -2.38. The molecular formula is C35H54Br2N2O12S2. The van der Waals surface area contributed by atoms with Gasteiger partial charge in [-0.25, -0.2) is 21.6 Å². The summed E-state index contributed by atoms with van der Waals surface area (Å²) in [7, 11) is -2.50. The van der Waals surface area contributed by atoms with Gasteiger partial charge in [-0.15, -0.1) is 0 Å². The van der Waals surface area contributed by atoms with E-state index >= 15 is 0 Å². The Labute approximate surface area is 331 Å². The van der Waals surface area contributed by atoms with E-state index in [0.717, 1.165) is 31.2 Å². The number of nitrogens with one attached hydrogen (secondary N) is 1. The van der Waals surface area contributed by atoms with E-state index in [2.05, 4.69) is 36.6 Å². The predicted molar refractivity (Wildman–Crippen MR) is 209 cm³/mol. The molecule has 18 heteroatoms. The fraction of sp³-hybridized carbons (Fsp3) is 0.657. The molecule has 0 radical (unpaired) electrons. The van der Waals surface area contributed by atoms with Crippen molar-refractivity contribution in [3.05, 3.63) is 56.5 Å². The molecule has 1 aliphatic carbocycles. The van der Waals surface area contributed by atoms with Crippen LogP contribution < -0.4 is 4.72 Å². The quantitative estimate of drug-likeness (QED) is 0.111. The van der Waals surface area contributed by atoms with Crippen molar-refractivity contribution in [2.45, 2.75) is 25.0 Å². The van der Waals surface area contributed by atoms with Crippen molar-refractivity contribution >= 4 is 51.9 Å². The van der Waals surface area contributed by atoms with Crippen molar-refractivity contribution < 1.29 is 54.7 Å². The SMILES string of the molecule is COCCOCCNS(=O)(=O)CCCOC1c2cc(Br)ccc2-c2ccc(Br)cc2C1OCCCS(=O)(=O)N(CCOCCOC)CCOCCOC. The van der Waals surface area contributed by atoms with Crippen LogP contribution in [-0.2, 0) is 57.9 Å². The van der Waals surface area contributed by atoms with E-state index in [1.807, 2.05) is 36.4 Å². The smallest absolute Gasteiger partial charge is 0.214 e. The largest absolute Gasteiger partial charge is 0.382 e. The molecule has 0 fully saturated rings. The Hall–Kier alpha value is -1.10. The highest BCUT2D eigenvalue weighted by Gasteiger charge is 2.36. The molecule has 2 atom stereocenters. The minimum atomic E-state index is -3.68. The molecule has 0 spiro atoms. The molecular weight excluding hydrogens is 864 g/mol. The van der Waals surface area contributed by atoms with Gasteiger partial charge in [-0.3, -0.25) is 0 Å². The van der Waals surface area contributed by atoms with Crippen LogP contribution in [0.15, 0.2) is 45.3 Å². The van der Waals surface area contributed by atoms with Crippen molar-refractivity contribution in [1.82, 2.24) is 9.03 Å². The van der Waals surface area contributed by atoms with Gasteiger partial charge >= 0.3 is 0 Å². The Bertz CT molecular complexity index is 1560. The number of fused-ring (bicyclic) bond motifs is 3. The standard InChI is InChI=1S/C35H54Br2N2O12S2/c1-44-18-21-47-15-10-38-52(40,41)24-4-13-50-34-32-26-28(36)6-8-30(32)31-9-7-29(37)27-33(31)35(34)51-14-5-25-53(42,43)39(11-16-48-22-19-45-2)12-17-49-23-20-46-3/h6-9,26-27,34-35,38H,4-5,10-25H2,1-3H3. The van der Waals surface area contributed by atoms with Gasteiger partial charge in [-0.2, -0.15) is 4.31 Å². The van der Waals surface area contributed by atoms with Crippen molar-refractivity contribution in [2.24, 2.45) is 0 Å². The Morgan fingerprint density at radius 2 is 1.06 bits per heavy atom. The Morgan fingerprint density at radius 1 is 0.604 bits per heavy atom. The molecule has 0 saturated heterocycles. The number of nitrogens with zero attached hydrogens (tertiary/aromatic N) is 1. The van der Waals surface area contributed by atoms with Gasteiger partial charge in [-0.05, 0) is 59.4 Å². The van der Waals surface area contributed by atoms with Gasteiger partial charge in [0.1, 0.15) is 12.2 Å². The maximum Gasteiger partial charge on any atom is 0.214 e. The van der Waals surface area contributed by atoms with E-state index in [4.69, 9.17) is 37.9 Å². The molecule has 0 amide bonds. The molecule has 302 valence electrons. The first-order valence-electron chi connectivity index (χ1n) is 17.5. The van der Waals surface area contributed by atoms with Gasteiger partial charge in [0, 0.05) is 63.1 Å². The Kier molecular flexibility index (Phi) is 22.0. The van der Waals surface area contributed by atoms with Gasteiger partial charge < -0.3 is 37.9 Å². The lowest BCUT2D eigenvalue weighted by Gasteiger charge is -2.35. The van der Waals surface area contributed by atoms with Crippen LogP contribution >= 0.6 is 31.9 Å². The van der Waals surface area contributed by atoms with Crippen LogP contribution in [0, 0.1) is 0 Å². The van der Waals surface area contributed by atoms with Gasteiger partial charge in [0.15, 0.2) is 0 Å². The highest BCUT2D eigenvalue weighted by atomic mass is 79.9. The van der Waals surface area contributed by atoms with Gasteiger partial charge in [-0.1, -0.05) is 44.0 Å². The zero-order valence-corrected chi connectivity index (χ0v) is 35.6. The number of methoxy groups -OCH3 is 3. The maximum atomic E-state index is 13.5. The molecule has 1 aliphatic rings. The highest BCUT2D eigenvalue weighted by Crippen LogP contribution is 2.49. The van der Waals surface area contributed by atoms with Crippen molar-refractivity contribution in [3.8, 4) is 11.1 Å². The molecule has 2 aromatic carbocycles. The molecule has 14 nitrogen and oxygen atoms in total. The van der Waals surface area contributed by atoms with E-state index in [1.165, 1.54) is 4.31 Å². The second-order valence-corrected chi connectivity index (χ2v) is 17.8. The molecule has 1 N–H and O–H groups in total. The monoisotopic (exact) mass is 916 g/mol. The highest BCUT2D eigenvalue weighted by molar-refractivity contribution is 9.10. The summed E-state index contributed by atoms with van der Waals surface area (Å²) in [5.74, 6) is -0.267. The number of hydrogen-bond donors (Lipinski definition) is 1. The van der Waals surface area contributed by atoms with E-state index in [1.54, 1.807) is 21.3 Å². The summed E-state index contributed by atoms with van der Waals surface area (Å²) in [6.45, 7) is 3.87. The van der Waals surface area contributed by atoms with Gasteiger partial charge in [0.2, 0.25) is 20.0 Å². The summed E-state index contributed by atoms with van der Waals surface area (Å²) in [4.78, 5) is 0. The summed E-state index contributed by atoms with van der Waals surface area (Å²) in [6.07, 6.45) is -0.706. The normalized spacial score (nSPS) is 15.9. The first-order chi connectivity index (χ1) is 25.5. The van der Waals surface area contributed by atoms with Crippen LogP contribution in [0.1, 0.15) is 36.2 Å². The second kappa shape index (κ2) is 25.2. The van der Waals surface area contributed by atoms with E-state index in [0.29, 0.717) is 39.6 Å². The summed E-state index contributed by atoms with van der Waals surface area (Å²) in [5.41, 5.74) is 3.71. The Morgan fingerprint density at radius 3 is 1.53 bits per heavy atom. The van der Waals surface area contributed by atoms with Crippen LogP contribution in [0.5, 0.6) is 0 Å². The van der Waals surface area contributed by atoms with Crippen molar-refractivity contribution in [3.63, 3.8) is 0 Å². The molecule has 0 aliphatic heterocycles. The fourth-order valence-corrected chi connectivity index (χ4v) is 8.79. The third-order valence-corrected chi connectivity index (χ3v) is 12.5. The number of ether oxygens (including phenoxy) is 8. The summed E-state index contributed by atoms with van der Waals surface area (Å²) in [5, 5.41) is 0. The zero-order valence-electron chi connectivity index (χ0n) is 30.8. The maximum absolute atomic E-state index is 13.5. The van der Waals surface area contributed by atoms with E-state index in [9.17, 15) is 16.8 Å². The third kappa shape index (κ3) is 16.5. The first-order valence-corrected chi connectivity index (χ1v) is 22.4. The van der Waals surface area contributed by atoms with Crippen LogP contribution in [0.25, 0.3) is 11.1 Å². The molecule has 0 saturated carbocycles. The topological polar surface area (TPSA) is 157 Å². The average molecular weight is 919 g/mol. The zero-order chi connectivity index (χ0) is 38.5. The van der Waals surface area contributed by atoms with Crippen LogP contribution in [0.4, 0.5) is 0 Å². The molecule has 0 bridgehead atoms. The fourth-order valence-electron chi connectivity index (χ4n) is 5.55. The lowest BCUT2D eigenvalue weighted by atomic mass is 9.82. The summed E-state index contributed by atoms with van der Waals surface area (Å²) >= 11 is 7.18. The van der Waals surface area contributed by atoms with Gasteiger partial charge in [0.05, 0.1) is 71.0 Å². The van der Waals surface area contributed by atoms with Crippen LogP contribution in [-0.4, -0.2) is 146 Å². The minimum Gasteiger partial charge on any atom is -0.382 e. The van der Waals surface area contributed by atoms with E-state index < -0.39 is 32.3 Å². The number of sulfonamides is 2. The molecule has 0 aromatic heterocycles. The number of halogens is 2.